The highest BCUT2D eigenvalue weighted by Gasteiger charge is 2.27. The maximum Gasteiger partial charge on any atom is 0.249 e. The second kappa shape index (κ2) is 4.71. The van der Waals surface area contributed by atoms with E-state index in [1.807, 2.05) is 13.0 Å². The topological polar surface area (TPSA) is 110 Å². The van der Waals surface area contributed by atoms with Gasteiger partial charge in [0.25, 0.3) is 0 Å². The van der Waals surface area contributed by atoms with Crippen LogP contribution >= 0.6 is 11.3 Å². The number of nitrogen functional groups attached to an aromatic ring is 1. The Bertz CT molecular complexity index is 711. The molecule has 7 nitrogen and oxygen atoms in total. The van der Waals surface area contributed by atoms with Crippen molar-refractivity contribution in [1.82, 2.24) is 15.3 Å². The van der Waals surface area contributed by atoms with Gasteiger partial charge in [-0.25, -0.2) is 4.98 Å². The Balaban J connectivity index is 1.94. The number of amides is 2. The summed E-state index contributed by atoms with van der Waals surface area (Å²) in [6.45, 7) is 1.97. The van der Waals surface area contributed by atoms with E-state index in [1.54, 1.807) is 0 Å². The van der Waals surface area contributed by atoms with Gasteiger partial charge in [-0.1, -0.05) is 0 Å². The summed E-state index contributed by atoms with van der Waals surface area (Å²) in [5.41, 5.74) is 5.69. The van der Waals surface area contributed by atoms with Crippen LogP contribution in [0.2, 0.25) is 0 Å². The minimum absolute atomic E-state index is 0.161. The number of hydrogen-bond acceptors (Lipinski definition) is 7. The number of aromatic nitrogens is 2. The molecule has 0 saturated carbocycles. The van der Waals surface area contributed by atoms with Gasteiger partial charge < -0.3 is 11.1 Å². The van der Waals surface area contributed by atoms with Crippen molar-refractivity contribution in [3.05, 3.63) is 10.9 Å². The number of aryl methyl sites for hydroxylation is 1. The van der Waals surface area contributed by atoms with Crippen LogP contribution in [-0.4, -0.2) is 27.8 Å². The van der Waals surface area contributed by atoms with E-state index in [9.17, 15) is 9.59 Å². The predicted molar refractivity (Wildman–Crippen MR) is 76.4 cm³/mol. The van der Waals surface area contributed by atoms with E-state index in [2.05, 4.69) is 20.6 Å². The van der Waals surface area contributed by atoms with Crippen molar-refractivity contribution < 1.29 is 9.59 Å². The molecular weight excluding hydrogens is 278 g/mol. The molecule has 1 fully saturated rings. The van der Waals surface area contributed by atoms with E-state index < -0.39 is 6.04 Å². The average Bonchev–Trinajstić information content (AvgIpc) is 2.73. The molecule has 1 saturated heterocycles. The molecule has 0 aliphatic carbocycles. The molecule has 104 valence electrons. The van der Waals surface area contributed by atoms with E-state index in [1.165, 1.54) is 11.3 Å². The Morgan fingerprint density at radius 2 is 2.25 bits per heavy atom. The normalized spacial score (nSPS) is 19.1. The Morgan fingerprint density at radius 1 is 1.45 bits per heavy atom. The summed E-state index contributed by atoms with van der Waals surface area (Å²) < 4.78 is 0. The third-order valence-corrected chi connectivity index (χ3v) is 4.03. The molecule has 4 N–H and O–H groups in total. The lowest BCUT2D eigenvalue weighted by Gasteiger charge is -2.22. The molecule has 0 spiro atoms. The summed E-state index contributed by atoms with van der Waals surface area (Å²) in [5.74, 6) is 0.116. The minimum Gasteiger partial charge on any atom is -0.368 e. The molecule has 0 aromatic carbocycles. The molecule has 2 aromatic rings. The zero-order valence-corrected chi connectivity index (χ0v) is 11.6. The van der Waals surface area contributed by atoms with Gasteiger partial charge in [0.05, 0.1) is 5.39 Å². The Hall–Kier alpha value is -2.22. The molecule has 2 aromatic heterocycles. The van der Waals surface area contributed by atoms with Gasteiger partial charge in [-0.2, -0.15) is 4.98 Å². The number of imide groups is 1. The molecular formula is C12H13N5O2S. The number of nitrogens with zero attached hydrogens (tertiary/aromatic N) is 2. The van der Waals surface area contributed by atoms with Crippen LogP contribution < -0.4 is 16.4 Å². The maximum absolute atomic E-state index is 11.8. The van der Waals surface area contributed by atoms with Gasteiger partial charge in [-0.3, -0.25) is 14.9 Å². The highest BCUT2D eigenvalue weighted by Crippen LogP contribution is 2.29. The van der Waals surface area contributed by atoms with Gasteiger partial charge in [0.15, 0.2) is 0 Å². The van der Waals surface area contributed by atoms with E-state index in [-0.39, 0.29) is 17.8 Å². The largest absolute Gasteiger partial charge is 0.368 e. The first-order valence-electron chi connectivity index (χ1n) is 6.17. The number of nitrogens with two attached hydrogens (primary N) is 1. The molecule has 0 radical (unpaired) electrons. The Morgan fingerprint density at radius 3 is 3.00 bits per heavy atom. The van der Waals surface area contributed by atoms with Gasteiger partial charge in [0.1, 0.15) is 16.7 Å². The lowest BCUT2D eigenvalue weighted by atomic mass is 10.1. The zero-order valence-electron chi connectivity index (χ0n) is 10.8. The quantitative estimate of drug-likeness (QED) is 0.706. The number of carbonyl (C=O) groups is 2. The standard InChI is InChI=1S/C12H13N5O2S/c1-5-4-6-9(16-12(13)17-11(6)20-5)14-7-2-3-8(18)15-10(7)19/h4,7H,2-3H2,1H3,(H,15,18,19)(H3,13,14,16,17). The summed E-state index contributed by atoms with van der Waals surface area (Å²) >= 11 is 1.52. The fourth-order valence-corrected chi connectivity index (χ4v) is 3.05. The third-order valence-electron chi connectivity index (χ3n) is 3.08. The number of anilines is 2. The van der Waals surface area contributed by atoms with Crippen molar-refractivity contribution in [1.29, 1.82) is 0 Å². The molecule has 1 atom stereocenters. The second-order valence-electron chi connectivity index (χ2n) is 4.65. The molecule has 0 bridgehead atoms. The highest BCUT2D eigenvalue weighted by molar-refractivity contribution is 7.18. The van der Waals surface area contributed by atoms with Gasteiger partial charge in [-0.05, 0) is 19.4 Å². The van der Waals surface area contributed by atoms with Crippen molar-refractivity contribution in [3.8, 4) is 0 Å². The first kappa shape index (κ1) is 12.8. The van der Waals surface area contributed by atoms with Crippen LogP contribution in [0.25, 0.3) is 10.2 Å². The van der Waals surface area contributed by atoms with Crippen LogP contribution in [0.5, 0.6) is 0 Å². The van der Waals surface area contributed by atoms with Crippen LogP contribution in [0.15, 0.2) is 6.07 Å². The summed E-state index contributed by atoms with van der Waals surface area (Å²) in [4.78, 5) is 33.1. The van der Waals surface area contributed by atoms with Crippen molar-refractivity contribution in [2.75, 3.05) is 11.1 Å². The molecule has 20 heavy (non-hydrogen) atoms. The fourth-order valence-electron chi connectivity index (χ4n) is 2.16. The number of nitrogens with one attached hydrogen (secondary N) is 2. The van der Waals surface area contributed by atoms with Crippen molar-refractivity contribution in [2.45, 2.75) is 25.8 Å². The van der Waals surface area contributed by atoms with Gasteiger partial charge in [0, 0.05) is 11.3 Å². The molecule has 1 aliphatic heterocycles. The summed E-state index contributed by atoms with van der Waals surface area (Å²) in [6.07, 6.45) is 0.759. The summed E-state index contributed by atoms with van der Waals surface area (Å²) in [5, 5.41) is 6.20. The van der Waals surface area contributed by atoms with E-state index >= 15 is 0 Å². The monoisotopic (exact) mass is 291 g/mol. The molecule has 3 heterocycles. The SMILES string of the molecule is Cc1cc2c(NC3CCC(=O)NC3=O)nc(N)nc2s1. The minimum atomic E-state index is -0.481. The van der Waals surface area contributed by atoms with Crippen LogP contribution in [0.3, 0.4) is 0 Å². The number of carbonyl (C=O) groups excluding carboxylic acids is 2. The first-order chi connectivity index (χ1) is 9.52. The third kappa shape index (κ3) is 2.29. The van der Waals surface area contributed by atoms with Crippen LogP contribution in [0, 0.1) is 6.92 Å². The van der Waals surface area contributed by atoms with Crippen molar-refractivity contribution in [2.24, 2.45) is 0 Å². The van der Waals surface area contributed by atoms with E-state index in [0.717, 1.165) is 15.1 Å². The lowest BCUT2D eigenvalue weighted by molar-refractivity contribution is -0.133. The van der Waals surface area contributed by atoms with Gasteiger partial charge in [0.2, 0.25) is 17.8 Å². The number of rotatable bonds is 2. The Labute approximate surface area is 118 Å². The van der Waals surface area contributed by atoms with Crippen LogP contribution in [-0.2, 0) is 9.59 Å². The number of thiophene rings is 1. The van der Waals surface area contributed by atoms with Crippen molar-refractivity contribution >= 4 is 45.1 Å². The molecule has 1 aliphatic rings. The highest BCUT2D eigenvalue weighted by atomic mass is 32.1. The Kier molecular flexibility index (Phi) is 3.01. The summed E-state index contributed by atoms with van der Waals surface area (Å²) in [7, 11) is 0. The number of piperidine rings is 1. The first-order valence-corrected chi connectivity index (χ1v) is 6.98. The molecule has 3 rings (SSSR count). The number of fused-ring (bicyclic) bond motifs is 1. The zero-order chi connectivity index (χ0) is 14.3. The molecule has 8 heteroatoms. The molecule has 1 unspecified atom stereocenters. The second-order valence-corrected chi connectivity index (χ2v) is 5.89. The van der Waals surface area contributed by atoms with E-state index in [4.69, 9.17) is 5.73 Å². The van der Waals surface area contributed by atoms with Crippen molar-refractivity contribution in [3.63, 3.8) is 0 Å². The smallest absolute Gasteiger partial charge is 0.249 e. The van der Waals surface area contributed by atoms with Crippen LogP contribution in [0.4, 0.5) is 11.8 Å². The molecule has 2 amide bonds. The summed E-state index contributed by atoms with van der Waals surface area (Å²) in [6, 6.07) is 1.47. The van der Waals surface area contributed by atoms with Gasteiger partial charge in [-0.15, -0.1) is 11.3 Å². The lowest BCUT2D eigenvalue weighted by Crippen LogP contribution is -2.47. The fraction of sp³-hybridized carbons (Fsp3) is 0.333. The predicted octanol–water partition coefficient (Wildman–Crippen LogP) is 0.799. The maximum atomic E-state index is 11.8. The van der Waals surface area contributed by atoms with Crippen LogP contribution in [0.1, 0.15) is 17.7 Å². The van der Waals surface area contributed by atoms with Gasteiger partial charge >= 0.3 is 0 Å². The number of hydrogen-bond donors (Lipinski definition) is 3. The van der Waals surface area contributed by atoms with E-state index in [0.29, 0.717) is 18.7 Å². The average molecular weight is 291 g/mol.